The molecule has 2 heterocycles. The van der Waals surface area contributed by atoms with Crippen LogP contribution in [-0.2, 0) is 0 Å². The molecule has 150 valence electrons. The van der Waals surface area contributed by atoms with Crippen molar-refractivity contribution in [1.29, 1.82) is 0 Å². The summed E-state index contributed by atoms with van der Waals surface area (Å²) in [5.74, 6) is 1.57. The highest BCUT2D eigenvalue weighted by atomic mass is 15.5. The second-order valence-corrected chi connectivity index (χ2v) is 9.85. The van der Waals surface area contributed by atoms with Crippen LogP contribution < -0.4 is 4.90 Å². The lowest BCUT2D eigenvalue weighted by Crippen LogP contribution is -2.56. The van der Waals surface area contributed by atoms with Crippen molar-refractivity contribution in [1.82, 2.24) is 4.90 Å². The highest BCUT2D eigenvalue weighted by Gasteiger charge is 2.53. The standard InChI is InChI=1S/C26H36N2/c1-19-11-7-10-16-23(19)27-20(2)24-17-18-26(3,22-14-5-4-6-15-22)28(24)25(27)21-12-8-9-13-21/h7,10-11,16-18,21-22,25H,4-6,8-9,12-15H2,1-3H3. The number of para-hydroxylation sites is 1. The Hall–Kier alpha value is -1.70. The van der Waals surface area contributed by atoms with Gasteiger partial charge in [-0.05, 0) is 76.0 Å². The van der Waals surface area contributed by atoms with Crippen LogP contribution in [0.5, 0.6) is 0 Å². The number of benzene rings is 1. The summed E-state index contributed by atoms with van der Waals surface area (Å²) in [6.45, 7) is 7.18. The third-order valence-electron chi connectivity index (χ3n) is 8.25. The molecule has 0 N–H and O–H groups in total. The number of anilines is 1. The average molecular weight is 377 g/mol. The zero-order valence-electron chi connectivity index (χ0n) is 18.0. The Morgan fingerprint density at radius 3 is 2.29 bits per heavy atom. The minimum absolute atomic E-state index is 0.182. The predicted molar refractivity (Wildman–Crippen MR) is 118 cm³/mol. The van der Waals surface area contributed by atoms with Gasteiger partial charge in [-0.15, -0.1) is 0 Å². The van der Waals surface area contributed by atoms with Crippen LogP contribution in [0, 0.1) is 18.8 Å². The second kappa shape index (κ2) is 6.97. The molecule has 5 rings (SSSR count). The molecule has 2 heteroatoms. The van der Waals surface area contributed by atoms with Crippen molar-refractivity contribution in [2.45, 2.75) is 90.3 Å². The first-order valence-electron chi connectivity index (χ1n) is 11.7. The second-order valence-electron chi connectivity index (χ2n) is 9.85. The molecule has 0 spiro atoms. The smallest absolute Gasteiger partial charge is 0.110 e. The van der Waals surface area contributed by atoms with Crippen LogP contribution in [0.25, 0.3) is 0 Å². The van der Waals surface area contributed by atoms with Crippen molar-refractivity contribution in [3.8, 4) is 0 Å². The van der Waals surface area contributed by atoms with Crippen molar-refractivity contribution in [2.75, 3.05) is 4.90 Å². The number of hydrogen-bond donors (Lipinski definition) is 0. The Labute approximate surface area is 171 Å². The summed E-state index contributed by atoms with van der Waals surface area (Å²) in [6.07, 6.45) is 18.1. The molecule has 2 atom stereocenters. The number of nitrogens with zero attached hydrogens (tertiary/aromatic N) is 2. The fourth-order valence-corrected chi connectivity index (χ4v) is 6.68. The van der Waals surface area contributed by atoms with Gasteiger partial charge in [0.2, 0.25) is 0 Å². The zero-order chi connectivity index (χ0) is 19.3. The molecule has 1 aromatic carbocycles. The Kier molecular flexibility index (Phi) is 4.56. The first-order chi connectivity index (χ1) is 13.6. The monoisotopic (exact) mass is 376 g/mol. The molecule has 2 nitrogen and oxygen atoms in total. The van der Waals surface area contributed by atoms with Crippen molar-refractivity contribution in [2.24, 2.45) is 11.8 Å². The van der Waals surface area contributed by atoms with Crippen molar-refractivity contribution in [3.63, 3.8) is 0 Å². The van der Waals surface area contributed by atoms with E-state index in [4.69, 9.17) is 0 Å². The summed E-state index contributed by atoms with van der Waals surface area (Å²) in [4.78, 5) is 5.59. The van der Waals surface area contributed by atoms with Gasteiger partial charge in [0.25, 0.3) is 0 Å². The topological polar surface area (TPSA) is 6.48 Å². The van der Waals surface area contributed by atoms with Gasteiger partial charge in [-0.25, -0.2) is 0 Å². The van der Waals surface area contributed by atoms with Crippen molar-refractivity contribution < 1.29 is 0 Å². The van der Waals surface area contributed by atoms with Gasteiger partial charge in [0.15, 0.2) is 0 Å². The van der Waals surface area contributed by atoms with Gasteiger partial charge in [0.05, 0.1) is 11.2 Å². The number of rotatable bonds is 3. The third-order valence-corrected chi connectivity index (χ3v) is 8.25. The number of aryl methyl sites for hydroxylation is 1. The van der Waals surface area contributed by atoms with E-state index in [2.05, 4.69) is 67.0 Å². The largest absolute Gasteiger partial charge is 0.340 e. The van der Waals surface area contributed by atoms with Crippen LogP contribution in [0.15, 0.2) is 47.8 Å². The Morgan fingerprint density at radius 1 is 0.893 bits per heavy atom. The van der Waals surface area contributed by atoms with Crippen LogP contribution in [0.2, 0.25) is 0 Å². The zero-order valence-corrected chi connectivity index (χ0v) is 18.0. The molecule has 2 aliphatic carbocycles. The fraction of sp³-hybridized carbons (Fsp3) is 0.615. The molecule has 0 amide bonds. The summed E-state index contributed by atoms with van der Waals surface area (Å²) in [5.41, 5.74) is 5.95. The van der Waals surface area contributed by atoms with Crippen LogP contribution in [0.4, 0.5) is 5.69 Å². The Morgan fingerprint density at radius 2 is 1.57 bits per heavy atom. The first kappa shape index (κ1) is 18.3. The van der Waals surface area contributed by atoms with Gasteiger partial charge in [-0.2, -0.15) is 0 Å². The van der Waals surface area contributed by atoms with Crippen LogP contribution in [0.1, 0.15) is 77.2 Å². The molecule has 4 aliphatic rings. The summed E-state index contributed by atoms with van der Waals surface area (Å²) in [6, 6.07) is 9.00. The average Bonchev–Trinajstić information content (AvgIpc) is 3.42. The maximum absolute atomic E-state index is 2.88. The maximum Gasteiger partial charge on any atom is 0.110 e. The first-order valence-corrected chi connectivity index (χ1v) is 11.7. The summed E-state index contributed by atoms with van der Waals surface area (Å²) < 4.78 is 0. The molecular formula is C26H36N2. The predicted octanol–water partition coefficient (Wildman–Crippen LogP) is 6.77. The molecule has 0 radical (unpaired) electrons. The molecule has 0 saturated heterocycles. The molecule has 0 bridgehead atoms. The maximum atomic E-state index is 2.88. The minimum atomic E-state index is 0.182. The molecule has 2 aliphatic heterocycles. The van der Waals surface area contributed by atoms with Gasteiger partial charge in [0, 0.05) is 11.4 Å². The lowest BCUT2D eigenvalue weighted by Gasteiger charge is -2.49. The van der Waals surface area contributed by atoms with Crippen LogP contribution in [-0.4, -0.2) is 16.6 Å². The van der Waals surface area contributed by atoms with E-state index < -0.39 is 0 Å². The minimum Gasteiger partial charge on any atom is -0.340 e. The summed E-state index contributed by atoms with van der Waals surface area (Å²) in [5, 5.41) is 0. The van der Waals surface area contributed by atoms with Gasteiger partial charge < -0.3 is 9.80 Å². The number of fused-ring (bicyclic) bond motifs is 1. The van der Waals surface area contributed by atoms with Crippen LogP contribution >= 0.6 is 0 Å². The Balaban J connectivity index is 1.60. The number of hydrogen-bond acceptors (Lipinski definition) is 2. The van der Waals surface area contributed by atoms with E-state index in [1.54, 1.807) is 0 Å². The summed E-state index contributed by atoms with van der Waals surface area (Å²) >= 11 is 0. The van der Waals surface area contributed by atoms with Gasteiger partial charge in [-0.1, -0.05) is 56.4 Å². The quantitative estimate of drug-likeness (QED) is 0.574. The SMILES string of the molecule is CC1=C2C=CC(C)(C3CCCCC3)N2C(C2CCCC2)N1c1ccccc1C. The number of allylic oxidation sites excluding steroid dienone is 2. The molecular weight excluding hydrogens is 340 g/mol. The van der Waals surface area contributed by atoms with E-state index in [0.29, 0.717) is 6.17 Å². The van der Waals surface area contributed by atoms with Crippen LogP contribution in [0.3, 0.4) is 0 Å². The molecule has 1 aromatic rings. The highest BCUT2D eigenvalue weighted by molar-refractivity contribution is 5.63. The van der Waals surface area contributed by atoms with E-state index in [1.807, 2.05) is 0 Å². The molecule has 0 aromatic heterocycles. The highest BCUT2D eigenvalue weighted by Crippen LogP contribution is 2.52. The molecule has 28 heavy (non-hydrogen) atoms. The lowest BCUT2D eigenvalue weighted by molar-refractivity contribution is 0.0638. The van der Waals surface area contributed by atoms with Gasteiger partial charge in [-0.3, -0.25) is 0 Å². The van der Waals surface area contributed by atoms with E-state index in [9.17, 15) is 0 Å². The molecule has 2 fully saturated rings. The van der Waals surface area contributed by atoms with Gasteiger partial charge >= 0.3 is 0 Å². The lowest BCUT2D eigenvalue weighted by atomic mass is 9.75. The van der Waals surface area contributed by atoms with Crippen molar-refractivity contribution in [3.05, 3.63) is 53.4 Å². The molecule has 2 unspecified atom stereocenters. The van der Waals surface area contributed by atoms with Gasteiger partial charge in [0.1, 0.15) is 6.17 Å². The van der Waals surface area contributed by atoms with E-state index in [-0.39, 0.29) is 5.54 Å². The third kappa shape index (κ3) is 2.67. The van der Waals surface area contributed by atoms with Crippen molar-refractivity contribution >= 4 is 5.69 Å². The fourth-order valence-electron chi connectivity index (χ4n) is 6.68. The Bertz CT molecular complexity index is 794. The normalized spacial score (nSPS) is 31.3. The van der Waals surface area contributed by atoms with E-state index in [0.717, 1.165) is 11.8 Å². The summed E-state index contributed by atoms with van der Waals surface area (Å²) in [7, 11) is 0. The van der Waals surface area contributed by atoms with E-state index >= 15 is 0 Å². The molecule has 2 saturated carbocycles. The van der Waals surface area contributed by atoms with E-state index in [1.165, 1.54) is 80.4 Å².